The van der Waals surface area contributed by atoms with Crippen LogP contribution in [0.5, 0.6) is 0 Å². The third-order valence-corrected chi connectivity index (χ3v) is 3.33. The van der Waals surface area contributed by atoms with Gasteiger partial charge in [0, 0.05) is 25.2 Å². The summed E-state index contributed by atoms with van der Waals surface area (Å²) < 4.78 is 5.14. The second kappa shape index (κ2) is 8.86. The largest absolute Gasteiger partial charge is 0.394 e. The van der Waals surface area contributed by atoms with E-state index in [1.807, 2.05) is 0 Å². The first-order valence-electron chi connectivity index (χ1n) is 6.54. The maximum Gasteiger partial charge on any atom is 0.0615 e. The van der Waals surface area contributed by atoms with Gasteiger partial charge in [-0.1, -0.05) is 6.92 Å². The summed E-state index contributed by atoms with van der Waals surface area (Å²) in [4.78, 5) is 2.27. The monoisotopic (exact) mass is 246 g/mol. The van der Waals surface area contributed by atoms with Crippen molar-refractivity contribution in [1.82, 2.24) is 10.2 Å². The number of rotatable bonds is 10. The summed E-state index contributed by atoms with van der Waals surface area (Å²) in [6, 6.07) is 0.411. The molecule has 0 aromatic carbocycles. The first-order valence-corrected chi connectivity index (χ1v) is 6.54. The van der Waals surface area contributed by atoms with Gasteiger partial charge in [0.15, 0.2) is 0 Å². The molecular formula is C13H30N2O2. The van der Waals surface area contributed by atoms with Crippen LogP contribution in [-0.2, 0) is 4.74 Å². The first kappa shape index (κ1) is 16.8. The third-order valence-electron chi connectivity index (χ3n) is 3.33. The smallest absolute Gasteiger partial charge is 0.0615 e. The molecule has 0 aliphatic carbocycles. The molecule has 0 amide bonds. The molecule has 17 heavy (non-hydrogen) atoms. The summed E-state index contributed by atoms with van der Waals surface area (Å²) in [5.41, 5.74) is -0.170. The molecule has 0 rings (SSSR count). The molecule has 0 aromatic rings. The van der Waals surface area contributed by atoms with Gasteiger partial charge in [0.25, 0.3) is 0 Å². The van der Waals surface area contributed by atoms with E-state index in [0.717, 1.165) is 32.5 Å². The van der Waals surface area contributed by atoms with E-state index in [0.29, 0.717) is 6.04 Å². The number of aliphatic hydroxyl groups is 1. The average Bonchev–Trinajstić information content (AvgIpc) is 2.33. The summed E-state index contributed by atoms with van der Waals surface area (Å²) in [6.07, 6.45) is 2.03. The highest BCUT2D eigenvalue weighted by atomic mass is 16.5. The van der Waals surface area contributed by atoms with E-state index in [9.17, 15) is 5.11 Å². The van der Waals surface area contributed by atoms with Crippen molar-refractivity contribution in [1.29, 1.82) is 0 Å². The highest BCUT2D eigenvalue weighted by molar-refractivity contribution is 4.83. The second-order valence-electron chi connectivity index (χ2n) is 5.18. The van der Waals surface area contributed by atoms with E-state index in [4.69, 9.17) is 4.74 Å². The zero-order valence-electron chi connectivity index (χ0n) is 12.1. The molecule has 0 saturated heterocycles. The Morgan fingerprint density at radius 3 is 2.59 bits per heavy atom. The summed E-state index contributed by atoms with van der Waals surface area (Å²) >= 11 is 0. The van der Waals surface area contributed by atoms with Crippen molar-refractivity contribution in [3.05, 3.63) is 0 Å². The Balaban J connectivity index is 4.03. The number of nitrogens with zero attached hydrogens (tertiary/aromatic N) is 1. The van der Waals surface area contributed by atoms with Crippen molar-refractivity contribution >= 4 is 0 Å². The van der Waals surface area contributed by atoms with Gasteiger partial charge in [-0.3, -0.25) is 0 Å². The molecule has 0 saturated carbocycles. The maximum atomic E-state index is 9.46. The molecule has 104 valence electrons. The molecule has 0 aromatic heterocycles. The third kappa shape index (κ3) is 6.99. The van der Waals surface area contributed by atoms with Crippen molar-refractivity contribution in [2.24, 2.45) is 0 Å². The molecule has 2 N–H and O–H groups in total. The summed E-state index contributed by atoms with van der Waals surface area (Å²) in [6.45, 7) is 9.20. The molecule has 0 bridgehead atoms. The van der Waals surface area contributed by atoms with E-state index in [2.05, 4.69) is 38.0 Å². The van der Waals surface area contributed by atoms with Crippen LogP contribution in [0.1, 0.15) is 33.6 Å². The van der Waals surface area contributed by atoms with Crippen LogP contribution in [0.15, 0.2) is 0 Å². The lowest BCUT2D eigenvalue weighted by Crippen LogP contribution is -2.49. The number of nitrogens with one attached hydrogen (secondary N) is 1. The molecule has 2 unspecified atom stereocenters. The van der Waals surface area contributed by atoms with Crippen LogP contribution in [0, 0.1) is 0 Å². The first-order chi connectivity index (χ1) is 7.99. The zero-order valence-corrected chi connectivity index (χ0v) is 12.1. The Hall–Kier alpha value is -0.160. The van der Waals surface area contributed by atoms with Gasteiger partial charge in [0.05, 0.1) is 13.2 Å². The Bertz CT molecular complexity index is 190. The minimum atomic E-state index is -0.170. The molecule has 0 aliphatic heterocycles. The van der Waals surface area contributed by atoms with Crippen LogP contribution in [0.4, 0.5) is 0 Å². The molecule has 0 radical (unpaired) electrons. The molecule has 2 atom stereocenters. The average molecular weight is 246 g/mol. The van der Waals surface area contributed by atoms with Gasteiger partial charge in [-0.2, -0.15) is 0 Å². The van der Waals surface area contributed by atoms with Gasteiger partial charge in [-0.25, -0.2) is 0 Å². The van der Waals surface area contributed by atoms with Crippen molar-refractivity contribution < 1.29 is 9.84 Å². The maximum absolute atomic E-state index is 9.46. The molecular weight excluding hydrogens is 216 g/mol. The Morgan fingerprint density at radius 2 is 2.12 bits per heavy atom. The van der Waals surface area contributed by atoms with Crippen molar-refractivity contribution in [3.8, 4) is 0 Å². The lowest BCUT2D eigenvalue weighted by Gasteiger charge is -2.32. The van der Waals surface area contributed by atoms with Crippen LogP contribution >= 0.6 is 0 Å². The lowest BCUT2D eigenvalue weighted by atomic mass is 9.98. The standard InChI is InChI=1S/C13H30N2O2/c1-6-8-14-13(3,11-16)7-9-15(4)12(2)10-17-5/h12,14,16H,6-11H2,1-5H3. The summed E-state index contributed by atoms with van der Waals surface area (Å²) in [5.74, 6) is 0. The SMILES string of the molecule is CCCNC(C)(CO)CCN(C)C(C)COC. The fourth-order valence-corrected chi connectivity index (χ4v) is 1.66. The molecule has 0 heterocycles. The van der Waals surface area contributed by atoms with E-state index in [1.54, 1.807) is 7.11 Å². The van der Waals surface area contributed by atoms with Crippen molar-refractivity contribution in [3.63, 3.8) is 0 Å². The quantitative estimate of drug-likeness (QED) is 0.606. The number of likely N-dealkylation sites (N-methyl/N-ethyl adjacent to an activating group) is 1. The molecule has 4 nitrogen and oxygen atoms in total. The van der Waals surface area contributed by atoms with Gasteiger partial charge in [0.2, 0.25) is 0 Å². The number of methoxy groups -OCH3 is 1. The number of ether oxygens (including phenoxy) is 1. The Labute approximate surface area is 106 Å². The molecule has 0 spiro atoms. The molecule has 4 heteroatoms. The lowest BCUT2D eigenvalue weighted by molar-refractivity contribution is 0.0988. The minimum absolute atomic E-state index is 0.170. The molecule has 0 aliphatic rings. The van der Waals surface area contributed by atoms with Crippen LogP contribution in [-0.4, -0.2) is 62.0 Å². The van der Waals surface area contributed by atoms with Crippen LogP contribution in [0.3, 0.4) is 0 Å². The van der Waals surface area contributed by atoms with E-state index in [1.165, 1.54) is 0 Å². The predicted molar refractivity (Wildman–Crippen MR) is 72.4 cm³/mol. The van der Waals surface area contributed by atoms with Crippen LogP contribution in [0.25, 0.3) is 0 Å². The van der Waals surface area contributed by atoms with Crippen molar-refractivity contribution in [2.45, 2.75) is 45.2 Å². The van der Waals surface area contributed by atoms with Gasteiger partial charge in [-0.05, 0) is 40.3 Å². The van der Waals surface area contributed by atoms with Crippen LogP contribution in [0.2, 0.25) is 0 Å². The Morgan fingerprint density at radius 1 is 1.47 bits per heavy atom. The van der Waals surface area contributed by atoms with E-state index >= 15 is 0 Å². The predicted octanol–water partition coefficient (Wildman–Crippen LogP) is 1.09. The highest BCUT2D eigenvalue weighted by Gasteiger charge is 2.23. The number of aliphatic hydroxyl groups excluding tert-OH is 1. The van der Waals surface area contributed by atoms with Gasteiger partial charge in [-0.15, -0.1) is 0 Å². The van der Waals surface area contributed by atoms with E-state index < -0.39 is 0 Å². The van der Waals surface area contributed by atoms with Gasteiger partial charge in [0.1, 0.15) is 0 Å². The Kier molecular flexibility index (Phi) is 8.78. The molecule has 0 fully saturated rings. The zero-order chi connectivity index (χ0) is 13.3. The fraction of sp³-hybridized carbons (Fsp3) is 1.00. The summed E-state index contributed by atoms with van der Waals surface area (Å²) in [5, 5.41) is 12.9. The van der Waals surface area contributed by atoms with Gasteiger partial charge < -0.3 is 20.1 Å². The van der Waals surface area contributed by atoms with Crippen LogP contribution < -0.4 is 5.32 Å². The van der Waals surface area contributed by atoms with E-state index in [-0.39, 0.29) is 12.1 Å². The summed E-state index contributed by atoms with van der Waals surface area (Å²) in [7, 11) is 3.83. The number of hydrogen-bond acceptors (Lipinski definition) is 4. The normalized spacial score (nSPS) is 17.1. The fourth-order valence-electron chi connectivity index (χ4n) is 1.66. The van der Waals surface area contributed by atoms with Crippen molar-refractivity contribution in [2.75, 3.05) is 40.5 Å². The highest BCUT2D eigenvalue weighted by Crippen LogP contribution is 2.10. The topological polar surface area (TPSA) is 44.7 Å². The van der Waals surface area contributed by atoms with Gasteiger partial charge >= 0.3 is 0 Å². The second-order valence-corrected chi connectivity index (χ2v) is 5.18. The minimum Gasteiger partial charge on any atom is -0.394 e. The number of hydrogen-bond donors (Lipinski definition) is 2.